The van der Waals surface area contributed by atoms with E-state index in [0.717, 1.165) is 61.8 Å². The van der Waals surface area contributed by atoms with E-state index in [4.69, 9.17) is 16.1 Å². The molecule has 0 bridgehead atoms. The number of anilines is 3. The smallest absolute Gasteiger partial charge is 0.233 e. The van der Waals surface area contributed by atoms with Gasteiger partial charge in [0, 0.05) is 69.6 Å². The van der Waals surface area contributed by atoms with E-state index in [9.17, 15) is 0 Å². The number of nitrogens with zero attached hydrogens (tertiary/aromatic N) is 4. The highest BCUT2D eigenvalue weighted by molar-refractivity contribution is 6.23. The maximum Gasteiger partial charge on any atom is 0.233 e. The first-order valence-electron chi connectivity index (χ1n) is 14.3. The molecule has 0 amide bonds. The van der Waals surface area contributed by atoms with E-state index >= 15 is 0 Å². The average Bonchev–Trinajstić information content (AvgIpc) is 2.96. The summed E-state index contributed by atoms with van der Waals surface area (Å²) < 4.78 is 2.04. The van der Waals surface area contributed by atoms with Crippen molar-refractivity contribution in [3.05, 3.63) is 84.5 Å². The van der Waals surface area contributed by atoms with Gasteiger partial charge in [-0.25, -0.2) is 4.99 Å². The van der Waals surface area contributed by atoms with E-state index in [0.29, 0.717) is 22.8 Å². The molecule has 2 aromatic rings. The highest BCUT2D eigenvalue weighted by Crippen LogP contribution is 2.21. The van der Waals surface area contributed by atoms with Crippen LogP contribution in [-0.2, 0) is 0 Å². The van der Waals surface area contributed by atoms with E-state index < -0.39 is 0 Å². The zero-order valence-corrected chi connectivity index (χ0v) is 25.6. The fraction of sp³-hybridized carbons (Fsp3) is 0.344. The van der Waals surface area contributed by atoms with Gasteiger partial charge < -0.3 is 31.9 Å². The fourth-order valence-corrected chi connectivity index (χ4v) is 4.28. The number of benzene rings is 2. The minimum absolute atomic E-state index is 0.318. The topological polar surface area (TPSA) is 120 Å². The van der Waals surface area contributed by atoms with Gasteiger partial charge in [-0.2, -0.15) is 0 Å². The summed E-state index contributed by atoms with van der Waals surface area (Å²) in [6, 6.07) is 16.1. The third-order valence-electron chi connectivity index (χ3n) is 6.40. The third-order valence-corrected chi connectivity index (χ3v) is 6.40. The molecule has 0 aromatic heterocycles. The molecule has 0 spiro atoms. The molecule has 2 aromatic carbocycles. The van der Waals surface area contributed by atoms with Crippen molar-refractivity contribution in [1.82, 2.24) is 15.1 Å². The minimum atomic E-state index is 0.318. The van der Waals surface area contributed by atoms with E-state index in [2.05, 4.69) is 51.5 Å². The molecule has 0 atom stereocenters. The maximum atomic E-state index is 8.41. The molecule has 0 aliphatic heterocycles. The SMILES string of the molecule is CN/C=C\N(C)CCCNc1ccc(NC2=C/C(=N/c3ccc(NCCCN(C)C=[N+](C)C)cc3)C(N)=CC2=N)cc1. The van der Waals surface area contributed by atoms with Gasteiger partial charge in [-0.1, -0.05) is 0 Å². The third kappa shape index (κ3) is 11.0. The molecule has 0 unspecified atom stereocenters. The molecule has 0 radical (unpaired) electrons. The van der Waals surface area contributed by atoms with E-state index in [1.807, 2.05) is 92.7 Å². The first-order valence-corrected chi connectivity index (χ1v) is 14.3. The molecule has 0 saturated heterocycles. The lowest BCUT2D eigenvalue weighted by atomic mass is 10.0. The van der Waals surface area contributed by atoms with Crippen LogP contribution in [0.3, 0.4) is 0 Å². The van der Waals surface area contributed by atoms with Gasteiger partial charge >= 0.3 is 0 Å². The van der Waals surface area contributed by atoms with Gasteiger partial charge in [0.05, 0.1) is 56.2 Å². The second-order valence-corrected chi connectivity index (χ2v) is 10.5. The van der Waals surface area contributed by atoms with Crippen molar-refractivity contribution < 1.29 is 4.58 Å². The normalized spacial score (nSPS) is 13.8. The zero-order valence-electron chi connectivity index (χ0n) is 25.6. The molecule has 42 heavy (non-hydrogen) atoms. The Balaban J connectivity index is 1.53. The average molecular weight is 572 g/mol. The molecular weight excluding hydrogens is 524 g/mol. The van der Waals surface area contributed by atoms with Crippen LogP contribution in [0, 0.1) is 5.41 Å². The number of hydrogen-bond donors (Lipinski definition) is 6. The number of rotatable bonds is 16. The Labute approximate surface area is 250 Å². The Morgan fingerprint density at radius 2 is 1.43 bits per heavy atom. The van der Waals surface area contributed by atoms with Crippen LogP contribution in [-0.4, -0.2) is 93.6 Å². The van der Waals surface area contributed by atoms with Crippen LogP contribution in [0.25, 0.3) is 0 Å². The Morgan fingerprint density at radius 3 is 2.02 bits per heavy atom. The van der Waals surface area contributed by atoms with Gasteiger partial charge in [-0.05, 0) is 67.1 Å². The van der Waals surface area contributed by atoms with Gasteiger partial charge in [-0.15, -0.1) is 0 Å². The number of hydrogen-bond acceptors (Lipinski definition) is 8. The first-order chi connectivity index (χ1) is 20.2. The summed E-state index contributed by atoms with van der Waals surface area (Å²) in [5.74, 6) is 0. The van der Waals surface area contributed by atoms with Gasteiger partial charge in [0.15, 0.2) is 0 Å². The number of allylic oxidation sites excluding steroid dienone is 2. The predicted octanol–water partition coefficient (Wildman–Crippen LogP) is 4.09. The molecule has 10 nitrogen and oxygen atoms in total. The predicted molar refractivity (Wildman–Crippen MR) is 180 cm³/mol. The van der Waals surface area contributed by atoms with Crippen LogP contribution < -0.4 is 27.0 Å². The quantitative estimate of drug-likeness (QED) is 0.0591. The largest absolute Gasteiger partial charge is 0.397 e. The number of nitrogens with one attached hydrogen (secondary N) is 5. The van der Waals surface area contributed by atoms with E-state index in [1.54, 1.807) is 6.08 Å². The standard InChI is InChI=1S/C32H47N10/c1-35-18-21-41(4)19-6-16-36-25-8-12-27(13-9-25)38-31-23-32(30(34)22-29(31)33)39-28-14-10-26(11-15-28)37-17-7-20-42(5)24-40(2)3/h8-15,18,21-24,33,35-38H,6-7,16-17,19-20,34H2,1-5H3/q+1/b21-18-,33-29?,39-32-. The van der Waals surface area contributed by atoms with Crippen molar-refractivity contribution in [1.29, 1.82) is 5.41 Å². The number of nitrogens with two attached hydrogens (primary N) is 1. The molecule has 1 aliphatic rings. The summed E-state index contributed by atoms with van der Waals surface area (Å²) in [5.41, 5.74) is 12.1. The Kier molecular flexibility index (Phi) is 12.5. The Bertz CT molecular complexity index is 1300. The lowest BCUT2D eigenvalue weighted by Crippen LogP contribution is -2.24. The van der Waals surface area contributed by atoms with Gasteiger partial charge in [-0.3, -0.25) is 14.9 Å². The van der Waals surface area contributed by atoms with Crippen molar-refractivity contribution >= 4 is 40.5 Å². The lowest BCUT2D eigenvalue weighted by molar-refractivity contribution is -0.464. The summed E-state index contributed by atoms with van der Waals surface area (Å²) in [4.78, 5) is 9.07. The van der Waals surface area contributed by atoms with E-state index in [1.165, 1.54) is 0 Å². The lowest BCUT2D eigenvalue weighted by Gasteiger charge is -2.17. The minimum Gasteiger partial charge on any atom is -0.397 e. The molecule has 224 valence electrons. The van der Waals surface area contributed by atoms with E-state index in [-0.39, 0.29) is 0 Å². The van der Waals surface area contributed by atoms with Gasteiger partial charge in [0.1, 0.15) is 0 Å². The van der Waals surface area contributed by atoms with Crippen molar-refractivity contribution in [3.8, 4) is 0 Å². The second-order valence-electron chi connectivity index (χ2n) is 10.5. The first kappa shape index (κ1) is 31.8. The molecule has 10 heteroatoms. The molecule has 3 rings (SSSR count). The second kappa shape index (κ2) is 16.5. The van der Waals surface area contributed by atoms with Crippen molar-refractivity contribution in [3.63, 3.8) is 0 Å². The Hall–Kier alpha value is -4.73. The van der Waals surface area contributed by atoms with Crippen LogP contribution in [0.2, 0.25) is 0 Å². The van der Waals surface area contributed by atoms with Crippen molar-refractivity contribution in [2.45, 2.75) is 12.8 Å². The van der Waals surface area contributed by atoms with Crippen LogP contribution in [0.4, 0.5) is 22.7 Å². The summed E-state index contributed by atoms with van der Waals surface area (Å²) in [5, 5.41) is 21.7. The highest BCUT2D eigenvalue weighted by atomic mass is 15.2. The highest BCUT2D eigenvalue weighted by Gasteiger charge is 2.15. The van der Waals surface area contributed by atoms with Crippen LogP contribution in [0.15, 0.2) is 89.5 Å². The summed E-state index contributed by atoms with van der Waals surface area (Å²) in [7, 11) is 10.1. The number of aliphatic imine (C=N–C) groups is 1. The van der Waals surface area contributed by atoms with Gasteiger partial charge in [0.25, 0.3) is 0 Å². The fourth-order valence-electron chi connectivity index (χ4n) is 4.28. The summed E-state index contributed by atoms with van der Waals surface area (Å²) >= 11 is 0. The van der Waals surface area contributed by atoms with Crippen LogP contribution in [0.1, 0.15) is 12.8 Å². The zero-order chi connectivity index (χ0) is 30.3. The molecular formula is C32H47N10+. The molecule has 0 heterocycles. The Morgan fingerprint density at radius 1 is 0.857 bits per heavy atom. The summed E-state index contributed by atoms with van der Waals surface area (Å²) in [6.45, 7) is 3.72. The van der Waals surface area contributed by atoms with Gasteiger partial charge in [0.2, 0.25) is 6.34 Å². The van der Waals surface area contributed by atoms with Crippen LogP contribution in [0.5, 0.6) is 0 Å². The maximum absolute atomic E-state index is 8.41. The molecule has 1 aliphatic carbocycles. The van der Waals surface area contributed by atoms with Crippen LogP contribution >= 0.6 is 0 Å². The molecule has 7 N–H and O–H groups in total. The molecule has 0 fully saturated rings. The summed E-state index contributed by atoms with van der Waals surface area (Å²) in [6.07, 6.45) is 11.6. The monoisotopic (exact) mass is 571 g/mol. The van der Waals surface area contributed by atoms with Crippen molar-refractivity contribution in [2.24, 2.45) is 10.7 Å². The van der Waals surface area contributed by atoms with Crippen molar-refractivity contribution in [2.75, 3.05) is 77.4 Å². The molecule has 0 saturated carbocycles.